The van der Waals surface area contributed by atoms with Crippen LogP contribution in [0.2, 0.25) is 0 Å². The number of ether oxygens (including phenoxy) is 1. The lowest BCUT2D eigenvalue weighted by Crippen LogP contribution is -2.42. The second kappa shape index (κ2) is 14.2. The van der Waals surface area contributed by atoms with Crippen molar-refractivity contribution >= 4 is 23.1 Å². The van der Waals surface area contributed by atoms with Gasteiger partial charge in [0.1, 0.15) is 18.2 Å². The van der Waals surface area contributed by atoms with E-state index in [0.29, 0.717) is 6.61 Å². The predicted octanol–water partition coefficient (Wildman–Crippen LogP) is 7.96. The van der Waals surface area contributed by atoms with Gasteiger partial charge in [-0.2, -0.15) is 0 Å². The van der Waals surface area contributed by atoms with E-state index in [1.165, 1.54) is 5.57 Å². The minimum absolute atomic E-state index is 0.00659. The Bertz CT molecular complexity index is 1840. The molecule has 1 N–H and O–H groups in total. The van der Waals surface area contributed by atoms with Crippen molar-refractivity contribution in [2.24, 2.45) is 10.9 Å². The molecule has 3 aromatic carbocycles. The molecular weight excluding hydrogens is 610 g/mol. The van der Waals surface area contributed by atoms with Crippen molar-refractivity contribution < 1.29 is 14.3 Å². The standard InChI is InChI=1S/C41H45N5O3/c1-27(2)40(47)45-21-7-11-37(45)35-23-33(24-42-35)31-17-19-34(20-18-31)49-26-29-13-15-32(16-14-29)36-25-43-39(44-36)38-12-8-22-46(38)41(48)28(3)30-9-5-4-6-10-30/h4-6,9-10,13-20,24-25,27-28,37-38H,7-8,11-12,21-23,26H2,1-3H3,(H,43,44)/t28-,37+,38+/m1/s1. The molecule has 1 aromatic heterocycles. The number of carbonyl (C=O) groups excluding carboxylic acids is 2. The molecule has 0 bridgehead atoms. The lowest BCUT2D eigenvalue weighted by atomic mass is 9.98. The Morgan fingerprint density at radius 1 is 0.837 bits per heavy atom. The molecule has 49 heavy (non-hydrogen) atoms. The maximum atomic E-state index is 13.4. The topological polar surface area (TPSA) is 90.9 Å². The fourth-order valence-electron chi connectivity index (χ4n) is 7.35. The molecule has 8 heteroatoms. The summed E-state index contributed by atoms with van der Waals surface area (Å²) in [6.45, 7) is 7.97. The van der Waals surface area contributed by atoms with Crippen molar-refractivity contribution in [3.63, 3.8) is 0 Å². The second-order valence-corrected chi connectivity index (χ2v) is 13.8. The van der Waals surface area contributed by atoms with Crippen molar-refractivity contribution in [1.29, 1.82) is 0 Å². The zero-order chi connectivity index (χ0) is 33.9. The molecule has 0 spiro atoms. The number of rotatable bonds is 10. The Hall–Kier alpha value is -4.98. The molecule has 3 atom stereocenters. The number of amides is 2. The van der Waals surface area contributed by atoms with Gasteiger partial charge in [0.25, 0.3) is 0 Å². The average Bonchev–Trinajstić information content (AvgIpc) is 3.97. The Morgan fingerprint density at radius 3 is 2.22 bits per heavy atom. The highest BCUT2D eigenvalue weighted by atomic mass is 16.5. The van der Waals surface area contributed by atoms with Gasteiger partial charge in [-0.05, 0) is 72.6 Å². The molecule has 0 saturated carbocycles. The SMILES string of the molecule is CC(C)C(=O)N1CCC[C@H]1C1=NC=C(c2ccc(OCc3ccc(-c4cnc([C@@H]5CCCN5C(=O)[C@H](C)c5ccccc5)[nH]4)cc3)cc2)C1. The first kappa shape index (κ1) is 32.6. The van der Waals surface area contributed by atoms with Gasteiger partial charge in [0.15, 0.2) is 0 Å². The van der Waals surface area contributed by atoms with E-state index in [9.17, 15) is 9.59 Å². The van der Waals surface area contributed by atoms with Crippen LogP contribution in [-0.2, 0) is 16.2 Å². The summed E-state index contributed by atoms with van der Waals surface area (Å²) in [4.78, 5) is 43.1. The maximum Gasteiger partial charge on any atom is 0.230 e. The number of imidazole rings is 1. The van der Waals surface area contributed by atoms with Gasteiger partial charge in [-0.25, -0.2) is 4.98 Å². The fraction of sp³-hybridized carbons (Fsp3) is 0.366. The zero-order valence-electron chi connectivity index (χ0n) is 28.6. The molecule has 3 aliphatic heterocycles. The third kappa shape index (κ3) is 6.95. The summed E-state index contributed by atoms with van der Waals surface area (Å²) in [6, 6.07) is 26.6. The fourth-order valence-corrected chi connectivity index (χ4v) is 7.35. The van der Waals surface area contributed by atoms with Crippen LogP contribution in [0.4, 0.5) is 0 Å². The number of allylic oxidation sites excluding steroid dienone is 1. The predicted molar refractivity (Wildman–Crippen MR) is 193 cm³/mol. The van der Waals surface area contributed by atoms with Gasteiger partial charge in [-0.15, -0.1) is 0 Å². The van der Waals surface area contributed by atoms with Crippen LogP contribution < -0.4 is 4.74 Å². The number of hydrogen-bond acceptors (Lipinski definition) is 5. The lowest BCUT2D eigenvalue weighted by molar-refractivity contribution is -0.134. The van der Waals surface area contributed by atoms with Crippen molar-refractivity contribution in [2.75, 3.05) is 13.1 Å². The van der Waals surface area contributed by atoms with Gasteiger partial charge in [-0.3, -0.25) is 14.6 Å². The summed E-state index contributed by atoms with van der Waals surface area (Å²) in [5.41, 5.74) is 7.50. The maximum absolute atomic E-state index is 13.4. The summed E-state index contributed by atoms with van der Waals surface area (Å²) in [5.74, 6) is 1.85. The van der Waals surface area contributed by atoms with Crippen molar-refractivity contribution in [3.8, 4) is 17.0 Å². The van der Waals surface area contributed by atoms with E-state index >= 15 is 0 Å². The van der Waals surface area contributed by atoms with Crippen LogP contribution in [0.5, 0.6) is 5.75 Å². The first-order valence-electron chi connectivity index (χ1n) is 17.6. The molecule has 2 saturated heterocycles. The number of aromatic amines is 1. The monoisotopic (exact) mass is 655 g/mol. The molecule has 4 aromatic rings. The van der Waals surface area contributed by atoms with E-state index in [1.807, 2.05) is 85.4 Å². The quantitative estimate of drug-likeness (QED) is 0.188. The molecule has 2 amide bonds. The Kier molecular flexibility index (Phi) is 9.47. The molecule has 3 aliphatic rings. The van der Waals surface area contributed by atoms with Crippen LogP contribution in [-0.4, -0.2) is 56.4 Å². The van der Waals surface area contributed by atoms with E-state index in [2.05, 4.69) is 41.4 Å². The second-order valence-electron chi connectivity index (χ2n) is 13.8. The summed E-state index contributed by atoms with van der Waals surface area (Å²) >= 11 is 0. The van der Waals surface area contributed by atoms with Crippen molar-refractivity contribution in [2.45, 2.75) is 77.5 Å². The van der Waals surface area contributed by atoms with Crippen LogP contribution in [0, 0.1) is 5.92 Å². The van der Waals surface area contributed by atoms with Gasteiger partial charge in [0, 0.05) is 37.3 Å². The number of hydrogen-bond donors (Lipinski definition) is 1. The Morgan fingerprint density at radius 2 is 1.51 bits per heavy atom. The van der Waals surface area contributed by atoms with Gasteiger partial charge in [0.05, 0.1) is 29.9 Å². The molecule has 4 heterocycles. The summed E-state index contributed by atoms with van der Waals surface area (Å²) < 4.78 is 6.13. The molecule has 7 rings (SSSR count). The smallest absolute Gasteiger partial charge is 0.230 e. The van der Waals surface area contributed by atoms with Crippen LogP contribution in [0.3, 0.4) is 0 Å². The van der Waals surface area contributed by atoms with Crippen LogP contribution in [0.15, 0.2) is 96.3 Å². The molecule has 0 unspecified atom stereocenters. The van der Waals surface area contributed by atoms with E-state index in [4.69, 9.17) is 14.7 Å². The van der Waals surface area contributed by atoms with Crippen LogP contribution in [0.1, 0.15) is 87.3 Å². The number of carbonyl (C=O) groups is 2. The number of aliphatic imine (C=N–C) groups is 1. The van der Waals surface area contributed by atoms with E-state index in [-0.39, 0.29) is 35.7 Å². The average molecular weight is 656 g/mol. The Labute approximate surface area is 288 Å². The number of nitrogens with zero attached hydrogens (tertiary/aromatic N) is 4. The van der Waals surface area contributed by atoms with Gasteiger partial charge in [0.2, 0.25) is 11.8 Å². The molecule has 0 radical (unpaired) electrons. The minimum atomic E-state index is -0.187. The minimum Gasteiger partial charge on any atom is -0.489 e. The van der Waals surface area contributed by atoms with Gasteiger partial charge in [-0.1, -0.05) is 80.6 Å². The Balaban J connectivity index is 0.919. The van der Waals surface area contributed by atoms with Crippen molar-refractivity contribution in [3.05, 3.63) is 114 Å². The van der Waals surface area contributed by atoms with Crippen molar-refractivity contribution in [1.82, 2.24) is 19.8 Å². The zero-order valence-corrected chi connectivity index (χ0v) is 28.6. The first-order chi connectivity index (χ1) is 23.9. The summed E-state index contributed by atoms with van der Waals surface area (Å²) in [7, 11) is 0. The molecular formula is C41H45N5O3. The highest BCUT2D eigenvalue weighted by Crippen LogP contribution is 2.35. The van der Waals surface area contributed by atoms with Crippen LogP contribution >= 0.6 is 0 Å². The van der Waals surface area contributed by atoms with E-state index < -0.39 is 0 Å². The van der Waals surface area contributed by atoms with E-state index in [0.717, 1.165) is 90.4 Å². The largest absolute Gasteiger partial charge is 0.489 e. The number of nitrogens with one attached hydrogen (secondary N) is 1. The molecule has 2 fully saturated rings. The number of likely N-dealkylation sites (tertiary alicyclic amines) is 2. The number of H-pyrrole nitrogens is 1. The van der Waals surface area contributed by atoms with Gasteiger partial charge < -0.3 is 19.5 Å². The highest BCUT2D eigenvalue weighted by Gasteiger charge is 2.36. The third-order valence-electron chi connectivity index (χ3n) is 10.2. The van der Waals surface area contributed by atoms with Gasteiger partial charge >= 0.3 is 0 Å². The third-order valence-corrected chi connectivity index (χ3v) is 10.2. The number of aromatic nitrogens is 2. The normalized spacial score (nSPS) is 19.7. The summed E-state index contributed by atoms with van der Waals surface area (Å²) in [5, 5.41) is 0. The lowest BCUT2D eigenvalue weighted by Gasteiger charge is -2.26. The number of benzene rings is 3. The van der Waals surface area contributed by atoms with E-state index in [1.54, 1.807) is 0 Å². The molecule has 8 nitrogen and oxygen atoms in total. The molecule has 0 aliphatic carbocycles. The first-order valence-corrected chi connectivity index (χ1v) is 17.6. The summed E-state index contributed by atoms with van der Waals surface area (Å²) in [6.07, 6.45) is 8.51. The highest BCUT2D eigenvalue weighted by molar-refractivity contribution is 6.03. The van der Waals surface area contributed by atoms with Crippen LogP contribution in [0.25, 0.3) is 16.8 Å². The molecule has 252 valence electrons.